The summed E-state index contributed by atoms with van der Waals surface area (Å²) < 4.78 is 76.8. The minimum absolute atomic E-state index is 0. The molecule has 0 spiro atoms. The highest BCUT2D eigenvalue weighted by atomic mass is 35.5. The van der Waals surface area contributed by atoms with Crippen molar-refractivity contribution in [2.45, 2.75) is 221 Å². The van der Waals surface area contributed by atoms with Crippen LogP contribution in [-0.4, -0.2) is 289 Å². The number of halogens is 4. The topological polar surface area (TPSA) is 254 Å². The molecule has 1 aromatic heterocycles. The molecular formula is C111H178ClF3N16O8S2. The number of piperidine rings is 3. The Kier molecular flexibility index (Phi) is 63.9. The number of hydrogen-bond acceptors (Lipinski definition) is 22. The zero-order valence-corrected chi connectivity index (χ0v) is 86.3. The summed E-state index contributed by atoms with van der Waals surface area (Å²) in [6.07, 6.45) is 25.8. The first-order valence-electron chi connectivity index (χ1n) is 51.1. The van der Waals surface area contributed by atoms with Crippen LogP contribution in [0.2, 0.25) is 5.02 Å². The van der Waals surface area contributed by atoms with E-state index in [4.69, 9.17) is 21.1 Å². The highest BCUT2D eigenvalue weighted by Gasteiger charge is 2.28. The fraction of sp³-hybridized carbons (Fsp3) is 0.604. The first-order valence-corrected chi connectivity index (χ1v) is 54.6. The van der Waals surface area contributed by atoms with E-state index >= 15 is 0 Å². The smallest absolute Gasteiger partial charge is 0.409 e. The van der Waals surface area contributed by atoms with Crippen LogP contribution < -0.4 is 67.1 Å². The standard InChI is InChI=1S/C12H17NO.C12H15NO.C12H16.C11H15ClN2.C11H15F2N3.C11H14FNO.C9H10.C7H14N2O.C7H16N2.C6H12N2O2.C6H13NO2S.C4H9NS.3CH4/c1-3-7-12(8-4-1)14-11-13-9-5-2-6-10-13;14-12(10-6-2-1-3-7-10)13-11-8-4-5-9-11;1-3-7-11(8-4-1)12-9-5-2-6-10-12;1-9-6-10(12)8-11(7-9)14-4-2-13-3-5-14;1-11(12,13)9-3-2-4-10(15-9)16-7-5-14-6-8-16;12-9-2-1-3-11(8-9)14-10-4-6-13-7-5-10;1-2-5-9-7-3-6-8(9)4-1;1-7(10)9-5-2-3-8-4-6-9;1-7(2)9-5-3-8-4-6-9;1-10-6(9)8-4-2-7-3-5-8;1-10(8,9)6-2-4-7-5-3-6;1-3-6-4-2-5-1;;;/h1,3-4,7-8H,2,5-6,9-11H2;1-3,6-7,11H,4-5,8-9H2,(H,13,14);1,3-4,7-8,12H,2,5-6,9-10H2;6-8,13H,2-5H2,1H3;2-4,14H,5-8H2,1H3;1-3,8,10,13H,4-7H2;1-2,4-5H,3,6-7H2;8H,2-6H2,1H3;7-8H,3-6H2,1-2H3;7H,2-5H2,1H3;6-7H,2-5H2,1H3;5H,1-4H2;3*1H4. The van der Waals surface area contributed by atoms with E-state index in [2.05, 4.69) is 154 Å². The molecular weight excluding hydrogens is 1840 g/mol. The number of amides is 3. The van der Waals surface area contributed by atoms with E-state index in [1.807, 2.05) is 94.4 Å². The van der Waals surface area contributed by atoms with Crippen molar-refractivity contribution in [2.75, 3.05) is 225 Å². The second kappa shape index (κ2) is 73.0. The van der Waals surface area contributed by atoms with Gasteiger partial charge in [0.05, 0.1) is 12.4 Å². The van der Waals surface area contributed by atoms with Crippen molar-refractivity contribution in [3.05, 3.63) is 220 Å². The summed E-state index contributed by atoms with van der Waals surface area (Å²) in [5, 5.41) is 29.7. The van der Waals surface area contributed by atoms with Crippen LogP contribution in [0.25, 0.3) is 0 Å². The average molecular weight is 2020 g/mol. The Labute approximate surface area is 856 Å². The molecule has 0 atom stereocenters. The van der Waals surface area contributed by atoms with Gasteiger partial charge in [0.2, 0.25) is 5.91 Å². The molecule has 11 fully saturated rings. The second-order valence-electron chi connectivity index (χ2n) is 37.0. The molecule has 0 bridgehead atoms. The predicted molar refractivity (Wildman–Crippen MR) is 585 cm³/mol. The van der Waals surface area contributed by atoms with Gasteiger partial charge in [0.25, 0.3) is 11.8 Å². The first-order chi connectivity index (χ1) is 67.0. The van der Waals surface area contributed by atoms with Crippen LogP contribution in [0.5, 0.6) is 11.5 Å². The maximum Gasteiger partial charge on any atom is 0.409 e. The van der Waals surface area contributed by atoms with Crippen molar-refractivity contribution in [3.8, 4) is 11.5 Å². The van der Waals surface area contributed by atoms with Gasteiger partial charge in [-0.15, -0.1) is 0 Å². The van der Waals surface area contributed by atoms with Crippen LogP contribution in [0.4, 0.5) is 29.5 Å². The number of carbonyl (C=O) groups is 3. The van der Waals surface area contributed by atoms with Gasteiger partial charge in [0.1, 0.15) is 51.5 Å². The lowest BCUT2D eigenvalue weighted by atomic mass is 9.84. The van der Waals surface area contributed by atoms with E-state index < -0.39 is 15.8 Å². The fourth-order valence-corrected chi connectivity index (χ4v) is 19.8. The minimum atomic E-state index is -2.87. The number of fused-ring (bicyclic) bond motifs is 1. The van der Waals surface area contributed by atoms with Gasteiger partial charge >= 0.3 is 6.09 Å². The molecule has 0 unspecified atom stereocenters. The summed E-state index contributed by atoms with van der Waals surface area (Å²) in [6, 6.07) is 57.6. The molecule has 19 rings (SSSR count). The number of piperazine rings is 4. The summed E-state index contributed by atoms with van der Waals surface area (Å²) in [7, 11) is -1.36. The number of sulfone groups is 1. The molecule has 3 aliphatic carbocycles. The predicted octanol–water partition coefficient (Wildman–Crippen LogP) is 18.2. The maximum absolute atomic E-state index is 13.1. The summed E-state index contributed by atoms with van der Waals surface area (Å²) >= 11 is 8.06. The van der Waals surface area contributed by atoms with Crippen molar-refractivity contribution in [2.24, 2.45) is 0 Å². The lowest BCUT2D eigenvalue weighted by Gasteiger charge is -2.30. The second-order valence-corrected chi connectivity index (χ2v) is 41.0. The van der Waals surface area contributed by atoms with Gasteiger partial charge < -0.3 is 81.7 Å². The third-order valence-electron chi connectivity index (χ3n) is 25.7. The summed E-state index contributed by atoms with van der Waals surface area (Å²) in [4.78, 5) is 50.2. The van der Waals surface area contributed by atoms with Gasteiger partial charge in [0.15, 0.2) is 0 Å². The van der Waals surface area contributed by atoms with E-state index in [0.717, 1.165) is 231 Å². The molecule has 10 heterocycles. The molecule has 24 nitrogen and oxygen atoms in total. The number of ether oxygens (including phenoxy) is 3. The molecule has 9 N–H and O–H groups in total. The number of aromatic nitrogens is 1. The number of thioether (sulfide) groups is 1. The number of pyridine rings is 1. The summed E-state index contributed by atoms with van der Waals surface area (Å²) in [6.45, 7) is 37.7. The Morgan fingerprint density at radius 2 is 1.00 bits per heavy atom. The molecule has 141 heavy (non-hydrogen) atoms. The number of para-hydroxylation sites is 1. The third-order valence-corrected chi connectivity index (χ3v) is 28.6. The van der Waals surface area contributed by atoms with E-state index in [9.17, 15) is 36.0 Å². The number of carbonyl (C=O) groups excluding carboxylic acids is 3. The minimum Gasteiger partial charge on any atom is -0.490 e. The molecule has 9 aliphatic heterocycles. The molecule has 12 aliphatic rings. The van der Waals surface area contributed by atoms with Crippen molar-refractivity contribution in [3.63, 3.8) is 0 Å². The summed E-state index contributed by atoms with van der Waals surface area (Å²) in [5.41, 5.74) is 7.76. The zero-order valence-electron chi connectivity index (χ0n) is 83.9. The van der Waals surface area contributed by atoms with Crippen LogP contribution in [0, 0.1) is 12.7 Å². The van der Waals surface area contributed by atoms with Crippen molar-refractivity contribution < 1.29 is 50.2 Å². The van der Waals surface area contributed by atoms with E-state index in [-0.39, 0.29) is 63.1 Å². The molecule has 7 aromatic rings. The van der Waals surface area contributed by atoms with Gasteiger partial charge in [-0.1, -0.05) is 176 Å². The van der Waals surface area contributed by atoms with E-state index in [1.54, 1.807) is 52.8 Å². The quantitative estimate of drug-likeness (QED) is 0.0520. The van der Waals surface area contributed by atoms with Crippen LogP contribution in [-0.2, 0) is 38.1 Å². The van der Waals surface area contributed by atoms with Gasteiger partial charge in [0, 0.05) is 217 Å². The highest BCUT2D eigenvalue weighted by molar-refractivity contribution is 7.99. The SMILES string of the molecule is C.C.C.C1CSCCN1.CC(=O)N1CCCNCC1.CC(C)N1CCNCC1.CC(F)(F)c1cccc(N2CCNCC2)n1.COC(=O)N1CCNCC1.CS(=O)(=O)C1CCNCC1.Cc1cc(Cl)cc(N2CCNCC2)c1.Fc1cccc(OC2CCNCC2)c1.O=C(NC1CCCC1)c1ccccc1.c1ccc(C2CCCCC2)cc1.c1ccc(OCN2CCCCC2)cc1.c1ccc2c(c1)CCC2. The number of methoxy groups -OCH3 is 1. The number of benzene rings is 6. The molecule has 9 saturated heterocycles. The number of hydrogen-bond donors (Lipinski definition) is 9. The Balaban J connectivity index is 0.000000272. The number of nitrogens with one attached hydrogen (secondary N) is 9. The number of alkyl halides is 2. The van der Waals surface area contributed by atoms with Gasteiger partial charge in [-0.25, -0.2) is 22.6 Å². The largest absolute Gasteiger partial charge is 0.490 e. The molecule has 30 heteroatoms. The maximum atomic E-state index is 13.1. The number of nitrogens with zero attached hydrogens (tertiary/aromatic N) is 7. The van der Waals surface area contributed by atoms with E-state index in [0.29, 0.717) is 17.6 Å². The van der Waals surface area contributed by atoms with Crippen molar-refractivity contribution >= 4 is 62.6 Å². The van der Waals surface area contributed by atoms with Crippen LogP contribution >= 0.6 is 23.4 Å². The molecule has 0 radical (unpaired) electrons. The van der Waals surface area contributed by atoms with Crippen molar-refractivity contribution in [1.29, 1.82) is 0 Å². The first kappa shape index (κ1) is 123. The summed E-state index contributed by atoms with van der Waals surface area (Å²) in [5.74, 6) is 2.87. The van der Waals surface area contributed by atoms with E-state index in [1.165, 1.54) is 177 Å². The van der Waals surface area contributed by atoms with Crippen LogP contribution in [0.3, 0.4) is 0 Å². The third kappa shape index (κ3) is 52.5. The van der Waals surface area contributed by atoms with Crippen molar-refractivity contribution in [1.82, 2.24) is 72.4 Å². The normalized spacial score (nSPS) is 18.5. The number of anilines is 2. The molecule has 790 valence electrons. The number of likely N-dealkylation sites (tertiary alicyclic amines) is 1. The fourth-order valence-electron chi connectivity index (χ4n) is 17.7. The zero-order chi connectivity index (χ0) is 98.5. The van der Waals surface area contributed by atoms with Crippen LogP contribution in [0.1, 0.15) is 210 Å². The monoisotopic (exact) mass is 2020 g/mol. The highest BCUT2D eigenvalue weighted by Crippen LogP contribution is 2.33. The molecule has 6 aromatic carbocycles. The lowest BCUT2D eigenvalue weighted by molar-refractivity contribution is -0.128. The van der Waals surface area contributed by atoms with Gasteiger partial charge in [-0.05, 0) is 238 Å². The Hall–Kier alpha value is -8.14. The Bertz CT molecular complexity index is 4430. The van der Waals surface area contributed by atoms with Crippen LogP contribution in [0.15, 0.2) is 176 Å². The number of rotatable bonds is 13. The lowest BCUT2D eigenvalue weighted by Crippen LogP contribution is -2.46. The Morgan fingerprint density at radius 1 is 0.511 bits per heavy atom. The number of aryl methyl sites for hydroxylation is 3. The molecule has 2 saturated carbocycles. The average Bonchev–Trinajstić information content (AvgIpc) is 1.40. The van der Waals surface area contributed by atoms with Gasteiger partial charge in [-0.3, -0.25) is 19.4 Å². The molecule has 3 amide bonds. The Morgan fingerprint density at radius 3 is 1.51 bits per heavy atom. The van der Waals surface area contributed by atoms with Gasteiger partial charge in [-0.2, -0.15) is 20.5 Å².